The molecule has 2 aromatic rings. The van der Waals surface area contributed by atoms with E-state index in [1.54, 1.807) is 4.57 Å². The van der Waals surface area contributed by atoms with Crippen LogP contribution in [-0.4, -0.2) is 42.4 Å². The van der Waals surface area contributed by atoms with Gasteiger partial charge < -0.3 is 25.5 Å². The summed E-state index contributed by atoms with van der Waals surface area (Å²) in [4.78, 5) is 11.7. The first-order valence-electron chi connectivity index (χ1n) is 4.66. The SMILES string of the molecule is [O-][NH2+]c1ncnc2c1ncn2CC(O)CO. The van der Waals surface area contributed by atoms with Crippen LogP contribution in [0, 0.1) is 5.21 Å². The second-order valence-corrected chi connectivity index (χ2v) is 3.28. The largest absolute Gasteiger partial charge is 0.629 e. The highest BCUT2D eigenvalue weighted by Gasteiger charge is 2.12. The predicted octanol–water partition coefficient (Wildman–Crippen LogP) is -2.13. The maximum absolute atomic E-state index is 10.7. The van der Waals surface area contributed by atoms with Crippen LogP contribution >= 0.6 is 0 Å². The van der Waals surface area contributed by atoms with Crippen LogP contribution in [0.25, 0.3) is 11.2 Å². The van der Waals surface area contributed by atoms with Crippen molar-refractivity contribution in [3.8, 4) is 0 Å². The van der Waals surface area contributed by atoms with Crippen molar-refractivity contribution < 1.29 is 15.7 Å². The fourth-order valence-electron chi connectivity index (χ4n) is 1.40. The van der Waals surface area contributed by atoms with Crippen LogP contribution in [0.15, 0.2) is 12.7 Å². The van der Waals surface area contributed by atoms with Crippen molar-refractivity contribution in [2.75, 3.05) is 6.61 Å². The van der Waals surface area contributed by atoms with Crippen LogP contribution in [0.1, 0.15) is 0 Å². The molecule has 0 aromatic carbocycles. The predicted molar refractivity (Wildman–Crippen MR) is 53.4 cm³/mol. The zero-order valence-electron chi connectivity index (χ0n) is 8.32. The lowest BCUT2D eigenvalue weighted by Gasteiger charge is -2.08. The highest BCUT2D eigenvalue weighted by molar-refractivity contribution is 5.78. The molecule has 1 atom stereocenters. The van der Waals surface area contributed by atoms with Gasteiger partial charge in [-0.3, -0.25) is 0 Å². The first kappa shape index (κ1) is 10.9. The molecule has 2 heterocycles. The summed E-state index contributed by atoms with van der Waals surface area (Å²) in [5.74, 6) is 0.210. The average molecular weight is 225 g/mol. The van der Waals surface area contributed by atoms with E-state index in [1.165, 1.54) is 12.7 Å². The number of aliphatic hydroxyl groups excluding tert-OH is 2. The first-order valence-corrected chi connectivity index (χ1v) is 4.66. The van der Waals surface area contributed by atoms with Crippen molar-refractivity contribution >= 4 is 17.0 Å². The zero-order chi connectivity index (χ0) is 11.5. The Hall–Kier alpha value is -1.61. The molecule has 86 valence electrons. The van der Waals surface area contributed by atoms with Gasteiger partial charge in [-0.2, -0.15) is 4.98 Å². The lowest BCUT2D eigenvalue weighted by molar-refractivity contribution is -0.499. The molecule has 0 fully saturated rings. The summed E-state index contributed by atoms with van der Waals surface area (Å²) < 4.78 is 1.56. The van der Waals surface area contributed by atoms with Crippen LogP contribution in [0.3, 0.4) is 0 Å². The van der Waals surface area contributed by atoms with Crippen molar-refractivity contribution in [3.63, 3.8) is 0 Å². The van der Waals surface area contributed by atoms with E-state index >= 15 is 0 Å². The summed E-state index contributed by atoms with van der Waals surface area (Å²) >= 11 is 0. The number of fused-ring (bicyclic) bond motifs is 1. The summed E-state index contributed by atoms with van der Waals surface area (Å²) in [7, 11) is 0. The van der Waals surface area contributed by atoms with Gasteiger partial charge in [0.2, 0.25) is 0 Å². The summed E-state index contributed by atoms with van der Waals surface area (Å²) in [5, 5.41) is 28.7. The van der Waals surface area contributed by atoms with Gasteiger partial charge in [0.1, 0.15) is 6.33 Å². The molecule has 16 heavy (non-hydrogen) atoms. The maximum Gasteiger partial charge on any atom is 0.255 e. The van der Waals surface area contributed by atoms with E-state index in [-0.39, 0.29) is 19.0 Å². The molecule has 0 amide bonds. The summed E-state index contributed by atoms with van der Waals surface area (Å²) in [6.45, 7) is -0.173. The lowest BCUT2D eigenvalue weighted by Crippen LogP contribution is -2.70. The van der Waals surface area contributed by atoms with Gasteiger partial charge in [-0.15, -0.1) is 0 Å². The average Bonchev–Trinajstić information content (AvgIpc) is 2.72. The van der Waals surface area contributed by atoms with E-state index in [0.29, 0.717) is 16.6 Å². The minimum absolute atomic E-state index is 0.169. The minimum atomic E-state index is -0.882. The van der Waals surface area contributed by atoms with Crippen molar-refractivity contribution in [1.82, 2.24) is 19.5 Å². The van der Waals surface area contributed by atoms with Crippen molar-refractivity contribution in [3.05, 3.63) is 17.9 Å². The number of nitrogens with zero attached hydrogens (tertiary/aromatic N) is 4. The number of rotatable bonds is 4. The fraction of sp³-hybridized carbons (Fsp3) is 0.375. The Morgan fingerprint density at radius 1 is 1.44 bits per heavy atom. The molecule has 0 saturated carbocycles. The Balaban J connectivity index is 2.41. The minimum Gasteiger partial charge on any atom is -0.629 e. The molecule has 2 aromatic heterocycles. The van der Waals surface area contributed by atoms with E-state index in [9.17, 15) is 10.3 Å². The summed E-state index contributed by atoms with van der Waals surface area (Å²) in [6.07, 6.45) is 1.83. The van der Waals surface area contributed by atoms with Crippen LogP contribution in [0.4, 0.5) is 5.82 Å². The third-order valence-electron chi connectivity index (χ3n) is 2.16. The monoisotopic (exact) mass is 225 g/mol. The Morgan fingerprint density at radius 3 is 2.94 bits per heavy atom. The number of nitrogens with two attached hydrogens (primary N) is 1. The van der Waals surface area contributed by atoms with E-state index in [2.05, 4.69) is 15.0 Å². The molecule has 4 N–H and O–H groups in total. The zero-order valence-corrected chi connectivity index (χ0v) is 8.32. The maximum atomic E-state index is 10.7. The third kappa shape index (κ3) is 1.86. The van der Waals surface area contributed by atoms with Crippen LogP contribution in [0.5, 0.6) is 0 Å². The van der Waals surface area contributed by atoms with Crippen molar-refractivity contribution in [2.24, 2.45) is 0 Å². The summed E-state index contributed by atoms with van der Waals surface area (Å²) in [6, 6.07) is 0. The van der Waals surface area contributed by atoms with Gasteiger partial charge >= 0.3 is 0 Å². The molecule has 0 spiro atoms. The molecule has 2 rings (SSSR count). The summed E-state index contributed by atoms with van der Waals surface area (Å²) in [5.41, 5.74) is 1.45. The number of imidazole rings is 1. The van der Waals surface area contributed by atoms with Gasteiger partial charge in [0.05, 0.1) is 25.6 Å². The molecule has 0 bridgehead atoms. The Bertz CT molecular complexity index is 485. The standard InChI is InChI=1S/C8H11N5O3/c14-2-5(15)1-13-4-11-6-7(12-16)9-3-10-8(6)13/h3-5,14-15H,1-2,12H2. The van der Waals surface area contributed by atoms with E-state index in [4.69, 9.17) is 5.11 Å². The molecular weight excluding hydrogens is 214 g/mol. The van der Waals surface area contributed by atoms with Crippen molar-refractivity contribution in [2.45, 2.75) is 12.6 Å². The molecular formula is C8H11N5O3. The van der Waals surface area contributed by atoms with E-state index in [1.807, 2.05) is 0 Å². The second kappa shape index (κ2) is 4.49. The molecule has 1 unspecified atom stereocenters. The Labute approximate surface area is 90.2 Å². The molecule has 0 aliphatic carbocycles. The van der Waals surface area contributed by atoms with Gasteiger partial charge in [0.25, 0.3) is 5.82 Å². The second-order valence-electron chi connectivity index (χ2n) is 3.28. The van der Waals surface area contributed by atoms with E-state index < -0.39 is 6.10 Å². The quantitative estimate of drug-likeness (QED) is 0.511. The highest BCUT2D eigenvalue weighted by atomic mass is 16.5. The normalized spacial score (nSPS) is 13.2. The topological polar surface area (TPSA) is 124 Å². The molecule has 8 nitrogen and oxygen atoms in total. The van der Waals surface area contributed by atoms with Crippen molar-refractivity contribution in [1.29, 1.82) is 0 Å². The number of hydrogen-bond donors (Lipinski definition) is 3. The lowest BCUT2D eigenvalue weighted by atomic mass is 10.4. The Kier molecular flexibility index (Phi) is 3.06. The molecule has 0 aliphatic rings. The Morgan fingerprint density at radius 2 is 2.25 bits per heavy atom. The van der Waals surface area contributed by atoms with E-state index in [0.717, 1.165) is 0 Å². The first-order chi connectivity index (χ1) is 7.76. The smallest absolute Gasteiger partial charge is 0.255 e. The highest BCUT2D eigenvalue weighted by Crippen LogP contribution is 2.13. The number of aliphatic hydroxyl groups is 2. The van der Waals surface area contributed by atoms with Crippen LogP contribution in [0.2, 0.25) is 0 Å². The van der Waals surface area contributed by atoms with Gasteiger partial charge in [0, 0.05) is 0 Å². The van der Waals surface area contributed by atoms with Gasteiger partial charge in [-0.25, -0.2) is 9.97 Å². The van der Waals surface area contributed by atoms with Gasteiger partial charge in [-0.05, 0) is 0 Å². The van der Waals surface area contributed by atoms with Gasteiger partial charge in [-0.1, -0.05) is 0 Å². The molecule has 0 saturated heterocycles. The van der Waals surface area contributed by atoms with Crippen LogP contribution in [-0.2, 0) is 6.54 Å². The molecule has 0 radical (unpaired) electrons. The van der Waals surface area contributed by atoms with Gasteiger partial charge in [0.15, 0.2) is 11.2 Å². The number of aromatic nitrogens is 4. The molecule has 8 heteroatoms. The third-order valence-corrected chi connectivity index (χ3v) is 2.16. The van der Waals surface area contributed by atoms with Crippen LogP contribution < -0.4 is 5.48 Å². The fourth-order valence-corrected chi connectivity index (χ4v) is 1.40. The molecule has 0 aliphatic heterocycles. The number of hydrogen-bond acceptors (Lipinski definition) is 6. The number of quaternary nitrogens is 1.